The van der Waals surface area contributed by atoms with Crippen LogP contribution in [0, 0.1) is 11.3 Å². The molecule has 0 saturated carbocycles. The van der Waals surface area contributed by atoms with Crippen molar-refractivity contribution < 1.29 is 14.3 Å². The van der Waals surface area contributed by atoms with E-state index in [2.05, 4.69) is 42.9 Å². The molecular weight excluding hydrogens is 356 g/mol. The van der Waals surface area contributed by atoms with Gasteiger partial charge in [-0.2, -0.15) is 0 Å². The summed E-state index contributed by atoms with van der Waals surface area (Å²) < 4.78 is 11.2. The first kappa shape index (κ1) is 19.6. The lowest BCUT2D eigenvalue weighted by molar-refractivity contribution is -0.126. The summed E-state index contributed by atoms with van der Waals surface area (Å²) in [5, 5.41) is 3.25. The summed E-state index contributed by atoms with van der Waals surface area (Å²) in [7, 11) is 0. The normalized spacial score (nSPS) is 32.1. The summed E-state index contributed by atoms with van der Waals surface area (Å²) >= 11 is 0. The van der Waals surface area contributed by atoms with Crippen molar-refractivity contribution in [2.75, 3.05) is 31.2 Å². The lowest BCUT2D eigenvalue weighted by atomic mass is 9.74. The first-order chi connectivity index (χ1) is 13.3. The summed E-state index contributed by atoms with van der Waals surface area (Å²) in [4.78, 5) is 24.5. The Morgan fingerprint density at radius 3 is 2.71 bits per heavy atom. The quantitative estimate of drug-likeness (QED) is 0.856. The van der Waals surface area contributed by atoms with Gasteiger partial charge in [-0.3, -0.25) is 4.79 Å². The highest BCUT2D eigenvalue weighted by Crippen LogP contribution is 2.40. The Hall–Kier alpha value is -1.73. The largest absolute Gasteiger partial charge is 0.381 e. The molecule has 1 aliphatic carbocycles. The minimum absolute atomic E-state index is 0.0370. The van der Waals surface area contributed by atoms with E-state index >= 15 is 0 Å². The number of aromatic nitrogens is 2. The monoisotopic (exact) mass is 388 g/mol. The van der Waals surface area contributed by atoms with E-state index in [1.165, 1.54) is 0 Å². The van der Waals surface area contributed by atoms with Crippen LogP contribution in [-0.2, 0) is 20.7 Å². The molecule has 2 aliphatic heterocycles. The molecule has 1 amide bonds. The van der Waals surface area contributed by atoms with Crippen LogP contribution < -0.4 is 10.2 Å². The van der Waals surface area contributed by atoms with Gasteiger partial charge in [-0.25, -0.2) is 9.97 Å². The summed E-state index contributed by atoms with van der Waals surface area (Å²) in [6, 6.07) is -0.0385. The van der Waals surface area contributed by atoms with Gasteiger partial charge in [0, 0.05) is 31.5 Å². The summed E-state index contributed by atoms with van der Waals surface area (Å²) in [5.41, 5.74) is 2.19. The number of amides is 1. The Morgan fingerprint density at radius 2 is 2.04 bits per heavy atom. The molecule has 7 nitrogen and oxygen atoms in total. The summed E-state index contributed by atoms with van der Waals surface area (Å²) in [6.07, 6.45) is 4.85. The van der Waals surface area contributed by atoms with Crippen LogP contribution >= 0.6 is 0 Å². The van der Waals surface area contributed by atoms with Gasteiger partial charge in [0.1, 0.15) is 0 Å². The number of ether oxygens (including phenoxy) is 2. The third kappa shape index (κ3) is 4.15. The van der Waals surface area contributed by atoms with E-state index in [1.807, 2.05) is 6.20 Å². The van der Waals surface area contributed by atoms with E-state index in [4.69, 9.17) is 14.5 Å². The molecule has 2 saturated heterocycles. The van der Waals surface area contributed by atoms with Gasteiger partial charge >= 0.3 is 0 Å². The lowest BCUT2D eigenvalue weighted by Crippen LogP contribution is -2.46. The van der Waals surface area contributed by atoms with Crippen molar-refractivity contribution in [2.45, 2.75) is 65.2 Å². The number of hydrogen-bond donors (Lipinski definition) is 1. The van der Waals surface area contributed by atoms with Crippen LogP contribution in [0.15, 0.2) is 6.20 Å². The molecule has 0 radical (unpaired) electrons. The smallest absolute Gasteiger partial charge is 0.226 e. The summed E-state index contributed by atoms with van der Waals surface area (Å²) in [6.45, 7) is 11.5. The number of carbonyl (C=O) groups excluding carboxylic acids is 1. The van der Waals surface area contributed by atoms with Crippen LogP contribution in [0.25, 0.3) is 0 Å². The molecule has 1 aromatic heterocycles. The summed E-state index contributed by atoms with van der Waals surface area (Å²) in [5.74, 6) is 0.823. The van der Waals surface area contributed by atoms with Crippen molar-refractivity contribution in [2.24, 2.45) is 11.3 Å². The third-order valence-electron chi connectivity index (χ3n) is 5.98. The number of carbonyl (C=O) groups is 1. The maximum atomic E-state index is 12.7. The predicted molar refractivity (Wildman–Crippen MR) is 106 cm³/mol. The molecule has 2 fully saturated rings. The van der Waals surface area contributed by atoms with Gasteiger partial charge in [0.15, 0.2) is 0 Å². The Morgan fingerprint density at radius 1 is 1.29 bits per heavy atom. The Kier molecular flexibility index (Phi) is 5.31. The maximum Gasteiger partial charge on any atom is 0.226 e. The van der Waals surface area contributed by atoms with E-state index in [0.29, 0.717) is 13.2 Å². The molecule has 4 rings (SSSR count). The fourth-order valence-electron chi connectivity index (χ4n) is 4.69. The van der Waals surface area contributed by atoms with Crippen molar-refractivity contribution in [3.05, 3.63) is 17.5 Å². The molecule has 0 bridgehead atoms. The van der Waals surface area contributed by atoms with Crippen molar-refractivity contribution in [3.63, 3.8) is 0 Å². The van der Waals surface area contributed by atoms with Crippen LogP contribution in [0.5, 0.6) is 0 Å². The van der Waals surface area contributed by atoms with Crippen molar-refractivity contribution in [1.29, 1.82) is 0 Å². The van der Waals surface area contributed by atoms with Gasteiger partial charge in [-0.15, -0.1) is 0 Å². The highest BCUT2D eigenvalue weighted by atomic mass is 16.5. The molecule has 1 aromatic rings. The maximum absolute atomic E-state index is 12.7. The number of nitrogens with zero attached hydrogens (tertiary/aromatic N) is 3. The van der Waals surface area contributed by atoms with Gasteiger partial charge in [0.25, 0.3) is 0 Å². The number of nitrogens with one attached hydrogen (secondary N) is 1. The molecule has 0 spiro atoms. The molecule has 3 heterocycles. The second-order valence-corrected chi connectivity index (χ2v) is 9.40. The van der Waals surface area contributed by atoms with Crippen LogP contribution in [0.4, 0.5) is 5.95 Å². The van der Waals surface area contributed by atoms with E-state index in [-0.39, 0.29) is 35.5 Å². The lowest BCUT2D eigenvalue weighted by Gasteiger charge is -2.38. The minimum atomic E-state index is -0.0385. The highest BCUT2D eigenvalue weighted by Gasteiger charge is 2.36. The number of morpholine rings is 1. The van der Waals surface area contributed by atoms with E-state index in [1.54, 1.807) is 0 Å². The van der Waals surface area contributed by atoms with Gasteiger partial charge in [-0.1, -0.05) is 13.8 Å². The van der Waals surface area contributed by atoms with Crippen LogP contribution in [0.3, 0.4) is 0 Å². The second-order valence-electron chi connectivity index (χ2n) is 9.40. The Balaban J connectivity index is 1.56. The highest BCUT2D eigenvalue weighted by molar-refractivity contribution is 5.79. The SMILES string of the molecule is C[C@@H]1CN(c2ncc3c(n2)CC(C)(C)C[C@@H]3NC(=O)[C@H]2CCOC2)C[C@H](C)O1. The van der Waals surface area contributed by atoms with Crippen molar-refractivity contribution in [1.82, 2.24) is 15.3 Å². The van der Waals surface area contributed by atoms with Gasteiger partial charge in [0.2, 0.25) is 11.9 Å². The number of hydrogen-bond acceptors (Lipinski definition) is 6. The van der Waals surface area contributed by atoms with Gasteiger partial charge < -0.3 is 19.7 Å². The third-order valence-corrected chi connectivity index (χ3v) is 5.98. The fourth-order valence-corrected chi connectivity index (χ4v) is 4.69. The van der Waals surface area contributed by atoms with Crippen molar-refractivity contribution >= 4 is 11.9 Å². The van der Waals surface area contributed by atoms with E-state index < -0.39 is 0 Å². The fraction of sp³-hybridized carbons (Fsp3) is 0.762. The average Bonchev–Trinajstić information content (AvgIpc) is 3.14. The molecule has 7 heteroatoms. The van der Waals surface area contributed by atoms with Crippen LogP contribution in [0.1, 0.15) is 57.8 Å². The molecule has 154 valence electrons. The van der Waals surface area contributed by atoms with Crippen LogP contribution in [0.2, 0.25) is 0 Å². The Labute approximate surface area is 167 Å². The molecule has 1 N–H and O–H groups in total. The standard InChI is InChI=1S/C21H32N4O3/c1-13-10-25(11-14(2)28-13)20-22-9-16-17(7-21(3,4)8-18(16)24-20)23-19(26)15-5-6-27-12-15/h9,13-15,17H,5-8,10-12H2,1-4H3,(H,23,26)/t13-,14+,15-,17-/m0/s1. The molecular formula is C21H32N4O3. The zero-order valence-corrected chi connectivity index (χ0v) is 17.4. The zero-order chi connectivity index (χ0) is 19.9. The number of rotatable bonds is 3. The van der Waals surface area contributed by atoms with E-state index in [0.717, 1.165) is 49.6 Å². The molecule has 28 heavy (non-hydrogen) atoms. The minimum Gasteiger partial charge on any atom is -0.381 e. The van der Waals surface area contributed by atoms with Gasteiger partial charge in [-0.05, 0) is 38.5 Å². The average molecular weight is 389 g/mol. The topological polar surface area (TPSA) is 76.6 Å². The number of anilines is 1. The Bertz CT molecular complexity index is 722. The number of fused-ring (bicyclic) bond motifs is 1. The molecule has 4 atom stereocenters. The van der Waals surface area contributed by atoms with E-state index in [9.17, 15) is 4.79 Å². The first-order valence-electron chi connectivity index (χ1n) is 10.4. The van der Waals surface area contributed by atoms with Crippen LogP contribution in [-0.4, -0.2) is 54.4 Å². The second kappa shape index (κ2) is 7.59. The zero-order valence-electron chi connectivity index (χ0n) is 17.4. The molecule has 0 aromatic carbocycles. The molecule has 3 aliphatic rings. The first-order valence-corrected chi connectivity index (χ1v) is 10.4. The predicted octanol–water partition coefficient (Wildman–Crippen LogP) is 2.26. The van der Waals surface area contributed by atoms with Crippen molar-refractivity contribution in [3.8, 4) is 0 Å². The van der Waals surface area contributed by atoms with Gasteiger partial charge in [0.05, 0.1) is 36.5 Å². The molecule has 0 unspecified atom stereocenters.